The van der Waals surface area contributed by atoms with Crippen molar-refractivity contribution in [1.82, 2.24) is 0 Å². The van der Waals surface area contributed by atoms with Gasteiger partial charge in [0.15, 0.2) is 6.61 Å². The molecule has 5 nitrogen and oxygen atoms in total. The minimum absolute atomic E-state index is 0.0356. The fourth-order valence-corrected chi connectivity index (χ4v) is 2.49. The predicted molar refractivity (Wildman–Crippen MR) is 88.8 cm³/mol. The Morgan fingerprint density at radius 1 is 1.17 bits per heavy atom. The van der Waals surface area contributed by atoms with Crippen molar-refractivity contribution in [3.8, 4) is 5.75 Å². The van der Waals surface area contributed by atoms with Gasteiger partial charge in [-0.25, -0.2) is 0 Å². The van der Waals surface area contributed by atoms with Gasteiger partial charge in [0.2, 0.25) is 5.91 Å². The van der Waals surface area contributed by atoms with E-state index in [9.17, 15) is 9.59 Å². The molecule has 2 amide bonds. The first-order valence-corrected chi connectivity index (χ1v) is 7.44. The average Bonchev–Trinajstić information content (AvgIpc) is 2.54. The summed E-state index contributed by atoms with van der Waals surface area (Å²) in [6.07, 6.45) is 0. The van der Waals surface area contributed by atoms with Crippen molar-refractivity contribution in [3.05, 3.63) is 53.6 Å². The summed E-state index contributed by atoms with van der Waals surface area (Å²) in [6.45, 7) is 3.93. The van der Waals surface area contributed by atoms with E-state index in [-0.39, 0.29) is 25.0 Å². The van der Waals surface area contributed by atoms with Crippen LogP contribution in [-0.2, 0) is 9.59 Å². The van der Waals surface area contributed by atoms with Crippen molar-refractivity contribution < 1.29 is 14.3 Å². The first kappa shape index (κ1) is 15.1. The molecule has 0 saturated heterocycles. The van der Waals surface area contributed by atoms with E-state index in [4.69, 9.17) is 4.74 Å². The zero-order valence-corrected chi connectivity index (χ0v) is 13.1. The van der Waals surface area contributed by atoms with Crippen LogP contribution in [0.3, 0.4) is 0 Å². The lowest BCUT2D eigenvalue weighted by Gasteiger charge is -2.28. The number of nitrogens with zero attached hydrogens (tertiary/aromatic N) is 1. The molecule has 0 aliphatic carbocycles. The Bertz CT molecular complexity index is 771. The van der Waals surface area contributed by atoms with Crippen LogP contribution in [0.2, 0.25) is 0 Å². The standard InChI is InChI=1S/C18H18N2O3/c1-12-7-8-14(9-13(12)2)19-17(21)10-20-15-5-3-4-6-16(15)23-11-18(20)22/h3-9H,10-11H2,1-2H3,(H,19,21). The summed E-state index contributed by atoms with van der Waals surface area (Å²) >= 11 is 0. The van der Waals surface area contributed by atoms with Gasteiger partial charge in [0.1, 0.15) is 12.3 Å². The van der Waals surface area contributed by atoms with E-state index in [1.165, 1.54) is 10.5 Å². The fourth-order valence-electron chi connectivity index (χ4n) is 2.49. The summed E-state index contributed by atoms with van der Waals surface area (Å²) in [6, 6.07) is 12.9. The van der Waals surface area contributed by atoms with E-state index in [1.807, 2.05) is 44.2 Å². The molecule has 0 fully saturated rings. The van der Waals surface area contributed by atoms with E-state index >= 15 is 0 Å². The molecule has 2 aromatic rings. The number of ether oxygens (including phenoxy) is 1. The Labute approximate surface area is 134 Å². The quantitative estimate of drug-likeness (QED) is 0.948. The number of amides is 2. The Hall–Kier alpha value is -2.82. The molecule has 23 heavy (non-hydrogen) atoms. The van der Waals surface area contributed by atoms with Crippen LogP contribution < -0.4 is 15.0 Å². The zero-order chi connectivity index (χ0) is 16.4. The van der Waals surface area contributed by atoms with Gasteiger partial charge in [0.25, 0.3) is 5.91 Å². The van der Waals surface area contributed by atoms with Gasteiger partial charge in [-0.2, -0.15) is 0 Å². The van der Waals surface area contributed by atoms with Crippen LogP contribution in [-0.4, -0.2) is 25.0 Å². The lowest BCUT2D eigenvalue weighted by molar-refractivity contribution is -0.123. The third-order valence-electron chi connectivity index (χ3n) is 3.90. The number of fused-ring (bicyclic) bond motifs is 1. The molecule has 2 aromatic carbocycles. The number of carbonyl (C=O) groups excluding carboxylic acids is 2. The maximum Gasteiger partial charge on any atom is 0.265 e. The van der Waals surface area contributed by atoms with Crippen LogP contribution in [0.25, 0.3) is 0 Å². The smallest absolute Gasteiger partial charge is 0.265 e. The lowest BCUT2D eigenvalue weighted by Crippen LogP contribution is -2.43. The van der Waals surface area contributed by atoms with Crippen molar-refractivity contribution in [3.63, 3.8) is 0 Å². The molecule has 0 aromatic heterocycles. The van der Waals surface area contributed by atoms with Crippen LogP contribution in [0.4, 0.5) is 11.4 Å². The van der Waals surface area contributed by atoms with Crippen LogP contribution >= 0.6 is 0 Å². The van der Waals surface area contributed by atoms with Crippen LogP contribution in [0, 0.1) is 13.8 Å². The first-order valence-electron chi connectivity index (χ1n) is 7.44. The highest BCUT2D eigenvalue weighted by molar-refractivity contribution is 6.04. The van der Waals surface area contributed by atoms with Crippen LogP contribution in [0.15, 0.2) is 42.5 Å². The monoisotopic (exact) mass is 310 g/mol. The maximum atomic E-state index is 12.3. The van der Waals surface area contributed by atoms with Gasteiger partial charge in [-0.15, -0.1) is 0 Å². The van der Waals surface area contributed by atoms with Crippen LogP contribution in [0.5, 0.6) is 5.75 Å². The summed E-state index contributed by atoms with van der Waals surface area (Å²) in [5.41, 5.74) is 3.63. The number of hydrogen-bond acceptors (Lipinski definition) is 3. The van der Waals surface area contributed by atoms with Gasteiger partial charge in [0.05, 0.1) is 5.69 Å². The zero-order valence-electron chi connectivity index (χ0n) is 13.1. The van der Waals surface area contributed by atoms with Gasteiger partial charge in [-0.05, 0) is 49.2 Å². The maximum absolute atomic E-state index is 12.3. The highest BCUT2D eigenvalue weighted by atomic mass is 16.5. The summed E-state index contributed by atoms with van der Waals surface area (Å²) < 4.78 is 5.37. The fraction of sp³-hybridized carbons (Fsp3) is 0.222. The molecular weight excluding hydrogens is 292 g/mol. The normalized spacial score (nSPS) is 13.3. The highest BCUT2D eigenvalue weighted by Crippen LogP contribution is 2.31. The summed E-state index contributed by atoms with van der Waals surface area (Å²) in [7, 11) is 0. The molecule has 1 heterocycles. The molecule has 0 saturated carbocycles. The van der Waals surface area contributed by atoms with E-state index in [0.717, 1.165) is 11.3 Å². The lowest BCUT2D eigenvalue weighted by atomic mass is 10.1. The molecule has 0 spiro atoms. The molecule has 0 radical (unpaired) electrons. The van der Waals surface area contributed by atoms with Crippen molar-refractivity contribution in [2.75, 3.05) is 23.4 Å². The molecule has 1 aliphatic rings. The number of anilines is 2. The van der Waals surface area contributed by atoms with Crippen molar-refractivity contribution in [2.24, 2.45) is 0 Å². The number of para-hydroxylation sites is 2. The van der Waals surface area contributed by atoms with Crippen LogP contribution in [0.1, 0.15) is 11.1 Å². The van der Waals surface area contributed by atoms with Crippen molar-refractivity contribution >= 4 is 23.2 Å². The van der Waals surface area contributed by atoms with E-state index in [0.29, 0.717) is 11.4 Å². The largest absolute Gasteiger partial charge is 0.482 e. The molecule has 5 heteroatoms. The number of nitrogens with one attached hydrogen (secondary N) is 1. The third-order valence-corrected chi connectivity index (χ3v) is 3.90. The number of benzene rings is 2. The van der Waals surface area contributed by atoms with Crippen molar-refractivity contribution in [1.29, 1.82) is 0 Å². The molecule has 0 bridgehead atoms. The summed E-state index contributed by atoms with van der Waals surface area (Å²) in [4.78, 5) is 25.8. The Morgan fingerprint density at radius 2 is 1.96 bits per heavy atom. The molecule has 1 N–H and O–H groups in total. The highest BCUT2D eigenvalue weighted by Gasteiger charge is 2.26. The Kier molecular flexibility index (Phi) is 4.02. The second-order valence-corrected chi connectivity index (χ2v) is 5.58. The minimum atomic E-state index is -0.238. The van der Waals surface area contributed by atoms with E-state index < -0.39 is 0 Å². The molecular formula is C18H18N2O3. The van der Waals surface area contributed by atoms with E-state index in [1.54, 1.807) is 12.1 Å². The number of hydrogen-bond donors (Lipinski definition) is 1. The summed E-state index contributed by atoms with van der Waals surface area (Å²) in [5, 5.41) is 2.83. The minimum Gasteiger partial charge on any atom is -0.482 e. The van der Waals surface area contributed by atoms with Gasteiger partial charge in [-0.3, -0.25) is 14.5 Å². The molecule has 0 atom stereocenters. The topological polar surface area (TPSA) is 58.6 Å². The average molecular weight is 310 g/mol. The molecule has 118 valence electrons. The van der Waals surface area contributed by atoms with Gasteiger partial charge in [-0.1, -0.05) is 18.2 Å². The predicted octanol–water partition coefficient (Wildman–Crippen LogP) is 2.67. The first-order chi connectivity index (χ1) is 11.0. The van der Waals surface area contributed by atoms with Gasteiger partial charge < -0.3 is 10.1 Å². The second-order valence-electron chi connectivity index (χ2n) is 5.58. The van der Waals surface area contributed by atoms with Gasteiger partial charge in [0, 0.05) is 5.69 Å². The van der Waals surface area contributed by atoms with E-state index in [2.05, 4.69) is 5.32 Å². The number of rotatable bonds is 3. The molecule has 0 unspecified atom stereocenters. The summed E-state index contributed by atoms with van der Waals surface area (Å²) in [5.74, 6) is 0.156. The number of carbonyl (C=O) groups is 2. The van der Waals surface area contributed by atoms with Gasteiger partial charge >= 0.3 is 0 Å². The molecule has 1 aliphatic heterocycles. The number of aryl methyl sites for hydroxylation is 2. The SMILES string of the molecule is Cc1ccc(NC(=O)CN2C(=O)COc3ccccc32)cc1C. The third kappa shape index (κ3) is 3.18. The van der Waals surface area contributed by atoms with Crippen molar-refractivity contribution in [2.45, 2.75) is 13.8 Å². The molecule has 3 rings (SSSR count). The Morgan fingerprint density at radius 3 is 2.74 bits per heavy atom. The second kappa shape index (κ2) is 6.12. The Balaban J connectivity index is 1.75.